The van der Waals surface area contributed by atoms with Crippen molar-refractivity contribution in [2.75, 3.05) is 12.4 Å². The molecule has 0 spiro atoms. The number of para-hydroxylation sites is 1. The molecule has 2 aromatic carbocycles. The predicted molar refractivity (Wildman–Crippen MR) is 117 cm³/mol. The van der Waals surface area contributed by atoms with Gasteiger partial charge in [-0.3, -0.25) is 9.78 Å². The van der Waals surface area contributed by atoms with Gasteiger partial charge in [-0.15, -0.1) is 0 Å². The van der Waals surface area contributed by atoms with Crippen LogP contribution in [0.15, 0.2) is 77.9 Å². The summed E-state index contributed by atoms with van der Waals surface area (Å²) in [5.41, 5.74) is 2.45. The highest BCUT2D eigenvalue weighted by molar-refractivity contribution is 5.94. The molecule has 0 bridgehead atoms. The lowest BCUT2D eigenvalue weighted by Crippen LogP contribution is -2.12. The van der Waals surface area contributed by atoms with Crippen molar-refractivity contribution < 1.29 is 4.74 Å². The van der Waals surface area contributed by atoms with Crippen LogP contribution in [0.2, 0.25) is 0 Å². The Hall–Kier alpha value is -4.26. The maximum Gasteiger partial charge on any atom is 0.272 e. The smallest absolute Gasteiger partial charge is 0.272 e. The minimum absolute atomic E-state index is 0.230. The van der Waals surface area contributed by atoms with Gasteiger partial charge in [0.1, 0.15) is 17.3 Å². The number of nitrogens with one attached hydrogen (secondary N) is 2. The Balaban J connectivity index is 1.70. The zero-order valence-electron chi connectivity index (χ0n) is 16.1. The third-order valence-corrected chi connectivity index (χ3v) is 4.83. The summed E-state index contributed by atoms with van der Waals surface area (Å²) in [4.78, 5) is 29.1. The van der Waals surface area contributed by atoms with E-state index in [4.69, 9.17) is 9.72 Å². The van der Waals surface area contributed by atoms with E-state index in [-0.39, 0.29) is 5.56 Å². The van der Waals surface area contributed by atoms with E-state index in [0.717, 1.165) is 27.4 Å². The second-order valence-electron chi connectivity index (χ2n) is 6.74. The zero-order chi connectivity index (χ0) is 20.5. The number of nitrogens with zero attached hydrogens (tertiary/aromatic N) is 3. The van der Waals surface area contributed by atoms with Crippen LogP contribution in [0.3, 0.4) is 0 Å². The Morgan fingerprint density at radius 2 is 1.90 bits per heavy atom. The van der Waals surface area contributed by atoms with Crippen LogP contribution >= 0.6 is 0 Å². The number of pyridine rings is 2. The van der Waals surface area contributed by atoms with Crippen molar-refractivity contribution in [2.24, 2.45) is 0 Å². The maximum atomic E-state index is 12.7. The molecule has 7 nitrogen and oxygen atoms in total. The Morgan fingerprint density at radius 1 is 1.00 bits per heavy atom. The molecule has 0 fully saturated rings. The fourth-order valence-corrected chi connectivity index (χ4v) is 3.32. The van der Waals surface area contributed by atoms with Gasteiger partial charge in [0.15, 0.2) is 5.82 Å². The normalized spacial score (nSPS) is 11.0. The minimum Gasteiger partial charge on any atom is -0.497 e. The van der Waals surface area contributed by atoms with Crippen molar-refractivity contribution in [2.45, 2.75) is 0 Å². The van der Waals surface area contributed by atoms with Crippen LogP contribution < -0.4 is 15.6 Å². The van der Waals surface area contributed by atoms with Crippen molar-refractivity contribution >= 4 is 33.3 Å². The predicted octanol–water partition coefficient (Wildman–Crippen LogP) is 4.29. The van der Waals surface area contributed by atoms with Crippen LogP contribution in [-0.2, 0) is 0 Å². The summed E-state index contributed by atoms with van der Waals surface area (Å²) in [6, 6.07) is 18.7. The van der Waals surface area contributed by atoms with Crippen molar-refractivity contribution in [3.05, 3.63) is 83.4 Å². The van der Waals surface area contributed by atoms with Gasteiger partial charge in [0.25, 0.3) is 5.56 Å². The number of ether oxygens (including phenoxy) is 1. The monoisotopic (exact) mass is 395 g/mol. The molecule has 0 aliphatic rings. The van der Waals surface area contributed by atoms with Gasteiger partial charge < -0.3 is 15.0 Å². The lowest BCUT2D eigenvalue weighted by Gasteiger charge is -2.12. The van der Waals surface area contributed by atoms with Crippen molar-refractivity contribution in [3.63, 3.8) is 0 Å². The van der Waals surface area contributed by atoms with Crippen molar-refractivity contribution in [3.8, 4) is 17.1 Å². The van der Waals surface area contributed by atoms with Gasteiger partial charge in [-0.1, -0.05) is 18.2 Å². The SMILES string of the molecule is COc1ccc2nc(-c3cccnc3)nc(Nc3cc4ccccc4[nH]c3=O)c2c1. The molecule has 7 heteroatoms. The van der Waals surface area contributed by atoms with E-state index in [1.807, 2.05) is 60.7 Å². The first-order valence-electron chi connectivity index (χ1n) is 9.36. The van der Waals surface area contributed by atoms with Crippen LogP contribution in [-0.4, -0.2) is 27.0 Å². The molecule has 3 heterocycles. The van der Waals surface area contributed by atoms with E-state index in [1.54, 1.807) is 19.5 Å². The lowest BCUT2D eigenvalue weighted by atomic mass is 10.2. The quantitative estimate of drug-likeness (QED) is 0.472. The van der Waals surface area contributed by atoms with Crippen LogP contribution in [0.5, 0.6) is 5.75 Å². The molecule has 0 saturated heterocycles. The van der Waals surface area contributed by atoms with Crippen LogP contribution in [0.4, 0.5) is 11.5 Å². The summed E-state index contributed by atoms with van der Waals surface area (Å²) < 4.78 is 5.36. The van der Waals surface area contributed by atoms with Gasteiger partial charge >= 0.3 is 0 Å². The van der Waals surface area contributed by atoms with E-state index >= 15 is 0 Å². The third-order valence-electron chi connectivity index (χ3n) is 4.83. The molecule has 30 heavy (non-hydrogen) atoms. The highest BCUT2D eigenvalue weighted by Gasteiger charge is 2.13. The molecule has 5 rings (SSSR count). The van der Waals surface area contributed by atoms with E-state index in [1.165, 1.54) is 0 Å². The number of benzene rings is 2. The largest absolute Gasteiger partial charge is 0.497 e. The topological polar surface area (TPSA) is 92.8 Å². The first-order valence-corrected chi connectivity index (χ1v) is 9.36. The fourth-order valence-electron chi connectivity index (χ4n) is 3.32. The molecule has 0 aliphatic heterocycles. The van der Waals surface area contributed by atoms with Crippen molar-refractivity contribution in [1.29, 1.82) is 0 Å². The summed E-state index contributed by atoms with van der Waals surface area (Å²) in [7, 11) is 1.60. The number of hydrogen-bond donors (Lipinski definition) is 2. The second-order valence-corrected chi connectivity index (χ2v) is 6.74. The first kappa shape index (κ1) is 17.8. The maximum absolute atomic E-state index is 12.7. The highest BCUT2D eigenvalue weighted by atomic mass is 16.5. The fraction of sp³-hybridized carbons (Fsp3) is 0.0435. The standard InChI is InChI=1S/C23H17N5O2/c1-30-16-8-9-19-17(12-16)22(28-21(25-19)15-6-4-10-24-13-15)26-20-11-14-5-2-3-7-18(14)27-23(20)29/h2-13H,1H3,(H,27,29)(H,25,26,28). The zero-order valence-corrected chi connectivity index (χ0v) is 16.1. The number of fused-ring (bicyclic) bond motifs is 2. The van der Waals surface area contributed by atoms with Gasteiger partial charge in [-0.05, 0) is 42.5 Å². The van der Waals surface area contributed by atoms with Gasteiger partial charge in [0.05, 0.1) is 12.6 Å². The Bertz CT molecular complexity index is 1430. The Morgan fingerprint density at radius 3 is 2.73 bits per heavy atom. The average molecular weight is 395 g/mol. The number of H-pyrrole nitrogens is 1. The molecule has 0 amide bonds. The highest BCUT2D eigenvalue weighted by Crippen LogP contribution is 2.29. The molecule has 2 N–H and O–H groups in total. The number of aromatic nitrogens is 4. The number of rotatable bonds is 4. The van der Waals surface area contributed by atoms with Crippen LogP contribution in [0, 0.1) is 0 Å². The summed E-state index contributed by atoms with van der Waals surface area (Å²) in [5, 5.41) is 4.86. The average Bonchev–Trinajstić information content (AvgIpc) is 2.79. The molecule has 3 aromatic heterocycles. The van der Waals surface area contributed by atoms with Gasteiger partial charge in [-0.2, -0.15) is 0 Å². The van der Waals surface area contributed by atoms with E-state index in [9.17, 15) is 4.79 Å². The molecule has 146 valence electrons. The third kappa shape index (κ3) is 3.22. The summed E-state index contributed by atoms with van der Waals surface area (Å²) in [5.74, 6) is 1.70. The van der Waals surface area contributed by atoms with Crippen LogP contribution in [0.25, 0.3) is 33.2 Å². The minimum atomic E-state index is -0.230. The summed E-state index contributed by atoms with van der Waals surface area (Å²) >= 11 is 0. The van der Waals surface area contributed by atoms with Gasteiger partial charge in [-0.25, -0.2) is 9.97 Å². The Labute approximate surface area is 171 Å². The molecule has 0 radical (unpaired) electrons. The molecular weight excluding hydrogens is 378 g/mol. The molecule has 0 saturated carbocycles. The lowest BCUT2D eigenvalue weighted by molar-refractivity contribution is 0.415. The molecule has 0 atom stereocenters. The summed E-state index contributed by atoms with van der Waals surface area (Å²) in [6.07, 6.45) is 3.40. The van der Waals surface area contributed by atoms with Gasteiger partial charge in [0, 0.05) is 34.2 Å². The van der Waals surface area contributed by atoms with E-state index in [2.05, 4.69) is 20.3 Å². The van der Waals surface area contributed by atoms with Crippen LogP contribution in [0.1, 0.15) is 0 Å². The van der Waals surface area contributed by atoms with E-state index in [0.29, 0.717) is 23.1 Å². The number of methoxy groups -OCH3 is 1. The first-order chi connectivity index (χ1) is 14.7. The molecule has 5 aromatic rings. The molecule has 0 aliphatic carbocycles. The summed E-state index contributed by atoms with van der Waals surface area (Å²) in [6.45, 7) is 0. The van der Waals surface area contributed by atoms with Gasteiger partial charge in [0.2, 0.25) is 0 Å². The van der Waals surface area contributed by atoms with Crippen molar-refractivity contribution in [1.82, 2.24) is 19.9 Å². The molecular formula is C23H17N5O2. The molecule has 0 unspecified atom stereocenters. The number of hydrogen-bond acceptors (Lipinski definition) is 6. The second kappa shape index (κ2) is 7.29. The Kier molecular flexibility index (Phi) is 4.33. The van der Waals surface area contributed by atoms with E-state index < -0.39 is 0 Å². The number of anilines is 2. The number of aromatic amines is 1.